The molecule has 0 heterocycles. The van der Waals surface area contributed by atoms with Crippen molar-refractivity contribution >= 4 is 15.9 Å². The van der Waals surface area contributed by atoms with Gasteiger partial charge in [0.15, 0.2) is 0 Å². The van der Waals surface area contributed by atoms with E-state index in [1.165, 1.54) is 24.3 Å². The van der Waals surface area contributed by atoms with Crippen LogP contribution in [0, 0.1) is 0 Å². The van der Waals surface area contributed by atoms with Crippen LogP contribution in [0.3, 0.4) is 0 Å². The molecule has 0 aliphatic carbocycles. The quantitative estimate of drug-likeness (QED) is 0.683. The van der Waals surface area contributed by atoms with Gasteiger partial charge < -0.3 is 10.4 Å². The van der Waals surface area contributed by atoms with Gasteiger partial charge in [-0.3, -0.25) is 4.79 Å². The fraction of sp³-hybridized carbons (Fsp3) is 0.417. The predicted molar refractivity (Wildman–Crippen MR) is 71.2 cm³/mol. The lowest BCUT2D eigenvalue weighted by atomic mass is 10.3. The van der Waals surface area contributed by atoms with Crippen LogP contribution in [0.1, 0.15) is 19.8 Å². The van der Waals surface area contributed by atoms with Gasteiger partial charge in [-0.25, -0.2) is 13.1 Å². The first-order valence-corrected chi connectivity index (χ1v) is 7.50. The molecule has 0 unspecified atom stereocenters. The maximum absolute atomic E-state index is 11.8. The van der Waals surface area contributed by atoms with Crippen LogP contribution in [-0.2, 0) is 14.8 Å². The molecule has 0 bridgehead atoms. The highest BCUT2D eigenvalue weighted by Gasteiger charge is 2.17. The number of para-hydroxylation sites is 1. The fourth-order valence-electron chi connectivity index (χ4n) is 1.41. The van der Waals surface area contributed by atoms with Crippen LogP contribution in [0.15, 0.2) is 29.2 Å². The van der Waals surface area contributed by atoms with Crippen LogP contribution in [0.4, 0.5) is 0 Å². The molecule has 106 valence electrons. The number of amides is 1. The predicted octanol–water partition coefficient (Wildman–Crippen LogP) is 0.587. The van der Waals surface area contributed by atoms with E-state index in [-0.39, 0.29) is 29.5 Å². The number of nitrogens with one attached hydrogen (secondary N) is 2. The summed E-state index contributed by atoms with van der Waals surface area (Å²) < 4.78 is 26.0. The number of aromatic hydroxyl groups is 1. The van der Waals surface area contributed by atoms with Crippen LogP contribution < -0.4 is 10.0 Å². The molecule has 1 amide bonds. The Hall–Kier alpha value is -1.60. The van der Waals surface area contributed by atoms with Gasteiger partial charge in [-0.15, -0.1) is 0 Å². The zero-order valence-electron chi connectivity index (χ0n) is 10.7. The van der Waals surface area contributed by atoms with Gasteiger partial charge in [0.2, 0.25) is 15.9 Å². The van der Waals surface area contributed by atoms with Gasteiger partial charge in [-0.05, 0) is 18.6 Å². The maximum atomic E-state index is 11.8. The van der Waals surface area contributed by atoms with E-state index in [0.717, 1.165) is 6.42 Å². The molecule has 0 aliphatic heterocycles. The molecule has 0 fully saturated rings. The Morgan fingerprint density at radius 2 is 1.95 bits per heavy atom. The molecular formula is C12H18N2O4S. The summed E-state index contributed by atoms with van der Waals surface area (Å²) in [4.78, 5) is 11.1. The van der Waals surface area contributed by atoms with Crippen molar-refractivity contribution in [2.45, 2.75) is 24.7 Å². The highest BCUT2D eigenvalue weighted by Crippen LogP contribution is 2.20. The number of rotatable bonds is 7. The summed E-state index contributed by atoms with van der Waals surface area (Å²) in [5.41, 5.74) is 0. The van der Waals surface area contributed by atoms with Gasteiger partial charge in [0.25, 0.3) is 0 Å². The van der Waals surface area contributed by atoms with Crippen molar-refractivity contribution in [2.24, 2.45) is 0 Å². The number of sulfonamides is 1. The molecule has 0 spiro atoms. The summed E-state index contributed by atoms with van der Waals surface area (Å²) in [6.45, 7) is 2.50. The molecule has 0 saturated heterocycles. The number of hydrogen-bond donors (Lipinski definition) is 3. The Morgan fingerprint density at radius 1 is 1.26 bits per heavy atom. The molecule has 0 aromatic heterocycles. The largest absolute Gasteiger partial charge is 0.507 e. The second-order valence-corrected chi connectivity index (χ2v) is 5.70. The maximum Gasteiger partial charge on any atom is 0.244 e. The van der Waals surface area contributed by atoms with Gasteiger partial charge in [0.05, 0.1) is 0 Å². The fourth-order valence-corrected chi connectivity index (χ4v) is 2.54. The van der Waals surface area contributed by atoms with E-state index >= 15 is 0 Å². The second-order valence-electron chi connectivity index (χ2n) is 3.97. The van der Waals surface area contributed by atoms with Gasteiger partial charge >= 0.3 is 0 Å². The number of carbonyl (C=O) groups excluding carboxylic acids is 1. The normalized spacial score (nSPS) is 11.2. The minimum absolute atomic E-state index is 0.00772. The Morgan fingerprint density at radius 3 is 2.58 bits per heavy atom. The average Bonchev–Trinajstić information content (AvgIpc) is 2.36. The monoisotopic (exact) mass is 286 g/mol. The average molecular weight is 286 g/mol. The molecule has 1 aromatic rings. The second kappa shape index (κ2) is 7.10. The number of carbonyl (C=O) groups is 1. The number of phenols is 1. The molecule has 7 heteroatoms. The first kappa shape index (κ1) is 15.5. The zero-order valence-corrected chi connectivity index (χ0v) is 11.5. The van der Waals surface area contributed by atoms with Crippen molar-refractivity contribution in [3.8, 4) is 5.75 Å². The third-order valence-electron chi connectivity index (χ3n) is 2.37. The first-order valence-electron chi connectivity index (χ1n) is 6.01. The van der Waals surface area contributed by atoms with Crippen molar-refractivity contribution < 1.29 is 18.3 Å². The van der Waals surface area contributed by atoms with Gasteiger partial charge in [-0.1, -0.05) is 19.1 Å². The number of hydrogen-bond acceptors (Lipinski definition) is 4. The summed E-state index contributed by atoms with van der Waals surface area (Å²) in [6.07, 6.45) is 0.891. The minimum atomic E-state index is -3.79. The highest BCUT2D eigenvalue weighted by atomic mass is 32.2. The molecule has 0 saturated carbocycles. The molecule has 0 atom stereocenters. The standard InChI is InChI=1S/C12H18N2O4S/c1-2-8-13-12(16)7-9-14-19(17,18)11-6-4-3-5-10(11)15/h3-6,14-15H,2,7-9H2,1H3,(H,13,16). The summed E-state index contributed by atoms with van der Waals surface area (Å²) in [5.74, 6) is -0.521. The highest BCUT2D eigenvalue weighted by molar-refractivity contribution is 7.89. The number of phenolic OH excluding ortho intramolecular Hbond substituents is 1. The van der Waals surface area contributed by atoms with Crippen molar-refractivity contribution in [1.82, 2.24) is 10.0 Å². The zero-order chi connectivity index (χ0) is 14.3. The topological polar surface area (TPSA) is 95.5 Å². The van der Waals surface area contributed by atoms with Crippen molar-refractivity contribution in [3.05, 3.63) is 24.3 Å². The molecule has 0 aliphatic rings. The van der Waals surface area contributed by atoms with Crippen LogP contribution in [0.2, 0.25) is 0 Å². The van der Waals surface area contributed by atoms with E-state index in [1.54, 1.807) is 0 Å². The molecule has 1 rings (SSSR count). The van der Waals surface area contributed by atoms with Crippen LogP contribution >= 0.6 is 0 Å². The summed E-state index contributed by atoms with van der Waals surface area (Å²) >= 11 is 0. The lowest BCUT2D eigenvalue weighted by Crippen LogP contribution is -2.31. The van der Waals surface area contributed by atoms with E-state index < -0.39 is 10.0 Å². The summed E-state index contributed by atoms with van der Waals surface area (Å²) in [6, 6.07) is 5.64. The van der Waals surface area contributed by atoms with E-state index in [2.05, 4.69) is 10.0 Å². The molecule has 19 heavy (non-hydrogen) atoms. The van der Waals surface area contributed by atoms with Crippen LogP contribution in [0.25, 0.3) is 0 Å². The van der Waals surface area contributed by atoms with Crippen LogP contribution in [0.5, 0.6) is 5.75 Å². The summed E-state index contributed by atoms with van der Waals surface area (Å²) in [7, 11) is -3.79. The molecule has 0 radical (unpaired) electrons. The minimum Gasteiger partial charge on any atom is -0.507 e. The number of benzene rings is 1. The molecule has 3 N–H and O–H groups in total. The lowest BCUT2D eigenvalue weighted by molar-refractivity contribution is -0.120. The Kier molecular flexibility index (Phi) is 5.78. The first-order chi connectivity index (χ1) is 8.97. The van der Waals surface area contributed by atoms with Gasteiger partial charge in [0.1, 0.15) is 10.6 Å². The lowest BCUT2D eigenvalue weighted by Gasteiger charge is -2.08. The Labute approximate surface area is 112 Å². The third kappa shape index (κ3) is 4.88. The van der Waals surface area contributed by atoms with E-state index in [0.29, 0.717) is 6.54 Å². The summed E-state index contributed by atoms with van der Waals surface area (Å²) in [5, 5.41) is 12.1. The van der Waals surface area contributed by atoms with Crippen molar-refractivity contribution in [2.75, 3.05) is 13.1 Å². The van der Waals surface area contributed by atoms with Gasteiger partial charge in [0, 0.05) is 19.5 Å². The third-order valence-corrected chi connectivity index (χ3v) is 3.88. The SMILES string of the molecule is CCCNC(=O)CCNS(=O)(=O)c1ccccc1O. The molecule has 1 aromatic carbocycles. The Balaban J connectivity index is 2.53. The van der Waals surface area contributed by atoms with E-state index in [9.17, 15) is 18.3 Å². The Bertz CT molecular complexity index is 528. The smallest absolute Gasteiger partial charge is 0.244 e. The van der Waals surface area contributed by atoms with Gasteiger partial charge in [-0.2, -0.15) is 0 Å². The van der Waals surface area contributed by atoms with Crippen molar-refractivity contribution in [1.29, 1.82) is 0 Å². The molecular weight excluding hydrogens is 268 g/mol. The van der Waals surface area contributed by atoms with Crippen LogP contribution in [-0.4, -0.2) is 32.5 Å². The van der Waals surface area contributed by atoms with E-state index in [4.69, 9.17) is 0 Å². The van der Waals surface area contributed by atoms with E-state index in [1.807, 2.05) is 6.92 Å². The van der Waals surface area contributed by atoms with Crippen molar-refractivity contribution in [3.63, 3.8) is 0 Å². The molecule has 6 nitrogen and oxygen atoms in total.